The first kappa shape index (κ1) is 14.6. The maximum absolute atomic E-state index is 6.23. The van der Waals surface area contributed by atoms with E-state index in [0.717, 1.165) is 17.7 Å². The van der Waals surface area contributed by atoms with Crippen LogP contribution in [0.4, 0.5) is 0 Å². The van der Waals surface area contributed by atoms with Gasteiger partial charge in [-0.25, -0.2) is 0 Å². The van der Waals surface area contributed by atoms with Gasteiger partial charge in [0.2, 0.25) is 0 Å². The lowest BCUT2D eigenvalue weighted by Gasteiger charge is -2.14. The summed E-state index contributed by atoms with van der Waals surface area (Å²) < 4.78 is 7.07. The predicted molar refractivity (Wildman–Crippen MR) is 88.0 cm³/mol. The van der Waals surface area contributed by atoms with Gasteiger partial charge in [0.15, 0.2) is 0 Å². The average molecular weight is 388 g/mol. The zero-order valence-electron chi connectivity index (χ0n) is 10.6. The van der Waals surface area contributed by atoms with Gasteiger partial charge in [0.25, 0.3) is 0 Å². The number of para-hydroxylation sites is 1. The Hall–Kier alpha value is -0.780. The van der Waals surface area contributed by atoms with Crippen LogP contribution in [0.2, 0.25) is 5.02 Å². The normalized spacial score (nSPS) is 12.2. The van der Waals surface area contributed by atoms with Crippen LogP contribution < -0.4 is 10.5 Å². The summed E-state index contributed by atoms with van der Waals surface area (Å²) in [6, 6.07) is 13.7. The SMILES string of the molecule is CC(N)Cc1cccc(Cl)c1Oc1ccc(I)cc1. The third-order valence-corrected chi connectivity index (χ3v) is 3.64. The molecule has 2 rings (SSSR count). The third-order valence-electron chi connectivity index (χ3n) is 2.62. The molecule has 0 radical (unpaired) electrons. The molecule has 2 N–H and O–H groups in total. The number of hydrogen-bond donors (Lipinski definition) is 1. The Morgan fingerprint density at radius 1 is 1.21 bits per heavy atom. The van der Waals surface area contributed by atoms with E-state index in [4.69, 9.17) is 22.1 Å². The van der Waals surface area contributed by atoms with Gasteiger partial charge in [-0.1, -0.05) is 23.7 Å². The van der Waals surface area contributed by atoms with Crippen molar-refractivity contribution in [2.75, 3.05) is 0 Å². The maximum Gasteiger partial charge on any atom is 0.149 e. The molecule has 19 heavy (non-hydrogen) atoms. The average Bonchev–Trinajstić information content (AvgIpc) is 2.35. The summed E-state index contributed by atoms with van der Waals surface area (Å²) in [6.07, 6.45) is 0.736. The summed E-state index contributed by atoms with van der Waals surface area (Å²) in [5.41, 5.74) is 6.89. The van der Waals surface area contributed by atoms with Crippen molar-refractivity contribution >= 4 is 34.2 Å². The summed E-state index contributed by atoms with van der Waals surface area (Å²) >= 11 is 8.49. The molecule has 2 nitrogen and oxygen atoms in total. The molecule has 0 aliphatic carbocycles. The minimum absolute atomic E-state index is 0.0672. The first-order chi connectivity index (χ1) is 9.06. The molecular formula is C15H15ClINO. The Kier molecular flexibility index (Phi) is 5.07. The Morgan fingerprint density at radius 2 is 1.89 bits per heavy atom. The smallest absolute Gasteiger partial charge is 0.149 e. The zero-order valence-corrected chi connectivity index (χ0v) is 13.5. The van der Waals surface area contributed by atoms with Crippen LogP contribution in [0.15, 0.2) is 42.5 Å². The maximum atomic E-state index is 6.23. The second kappa shape index (κ2) is 6.59. The topological polar surface area (TPSA) is 35.2 Å². The van der Waals surface area contributed by atoms with Crippen molar-refractivity contribution in [1.29, 1.82) is 0 Å². The van der Waals surface area contributed by atoms with Crippen molar-refractivity contribution < 1.29 is 4.74 Å². The van der Waals surface area contributed by atoms with Crippen LogP contribution >= 0.6 is 34.2 Å². The Labute approximate surface area is 132 Å². The highest BCUT2D eigenvalue weighted by Gasteiger charge is 2.11. The lowest BCUT2D eigenvalue weighted by atomic mass is 10.1. The van der Waals surface area contributed by atoms with Crippen LogP contribution in [-0.2, 0) is 6.42 Å². The number of hydrogen-bond acceptors (Lipinski definition) is 2. The summed E-state index contributed by atoms with van der Waals surface area (Å²) in [7, 11) is 0. The third kappa shape index (κ3) is 4.09. The molecule has 100 valence electrons. The van der Waals surface area contributed by atoms with E-state index in [-0.39, 0.29) is 6.04 Å². The molecule has 1 unspecified atom stereocenters. The minimum Gasteiger partial charge on any atom is -0.456 e. The van der Waals surface area contributed by atoms with Crippen LogP contribution in [0, 0.1) is 3.57 Å². The van der Waals surface area contributed by atoms with Crippen molar-refractivity contribution in [2.45, 2.75) is 19.4 Å². The van der Waals surface area contributed by atoms with Crippen molar-refractivity contribution in [3.63, 3.8) is 0 Å². The van der Waals surface area contributed by atoms with Crippen LogP contribution in [0.1, 0.15) is 12.5 Å². The van der Waals surface area contributed by atoms with Crippen LogP contribution in [0.25, 0.3) is 0 Å². The zero-order chi connectivity index (χ0) is 13.8. The van der Waals surface area contributed by atoms with E-state index in [1.807, 2.05) is 49.4 Å². The summed E-state index contributed by atoms with van der Waals surface area (Å²) in [5.74, 6) is 1.47. The fraction of sp³-hybridized carbons (Fsp3) is 0.200. The first-order valence-electron chi connectivity index (χ1n) is 6.02. The Balaban J connectivity index is 2.30. The Bertz CT molecular complexity index is 555. The van der Waals surface area contributed by atoms with Gasteiger partial charge in [0, 0.05) is 9.61 Å². The van der Waals surface area contributed by atoms with E-state index < -0.39 is 0 Å². The fourth-order valence-electron chi connectivity index (χ4n) is 1.80. The summed E-state index contributed by atoms with van der Waals surface area (Å²) in [5, 5.41) is 0.608. The van der Waals surface area contributed by atoms with Gasteiger partial charge >= 0.3 is 0 Å². The second-order valence-corrected chi connectivity index (χ2v) is 6.12. The molecule has 0 amide bonds. The molecule has 1 atom stereocenters. The minimum atomic E-state index is 0.0672. The summed E-state index contributed by atoms with van der Waals surface area (Å²) in [6.45, 7) is 1.97. The number of halogens is 2. The van der Waals surface area contributed by atoms with Crippen molar-refractivity contribution in [1.82, 2.24) is 0 Å². The highest BCUT2D eigenvalue weighted by Crippen LogP contribution is 2.33. The lowest BCUT2D eigenvalue weighted by Crippen LogP contribution is -2.18. The van der Waals surface area contributed by atoms with Gasteiger partial charge < -0.3 is 10.5 Å². The number of ether oxygens (including phenoxy) is 1. The van der Waals surface area contributed by atoms with E-state index in [9.17, 15) is 0 Å². The van der Waals surface area contributed by atoms with Gasteiger partial charge in [-0.2, -0.15) is 0 Å². The molecule has 0 saturated carbocycles. The largest absolute Gasteiger partial charge is 0.456 e. The van der Waals surface area contributed by atoms with Gasteiger partial charge in [0.1, 0.15) is 11.5 Å². The van der Waals surface area contributed by atoms with E-state index in [0.29, 0.717) is 10.8 Å². The lowest BCUT2D eigenvalue weighted by molar-refractivity contribution is 0.474. The van der Waals surface area contributed by atoms with Crippen LogP contribution in [0.5, 0.6) is 11.5 Å². The number of benzene rings is 2. The molecule has 0 heterocycles. The highest BCUT2D eigenvalue weighted by molar-refractivity contribution is 14.1. The van der Waals surface area contributed by atoms with E-state index in [2.05, 4.69) is 22.6 Å². The monoisotopic (exact) mass is 387 g/mol. The molecule has 0 aromatic heterocycles. The number of nitrogens with two attached hydrogens (primary N) is 1. The van der Waals surface area contributed by atoms with E-state index >= 15 is 0 Å². The first-order valence-corrected chi connectivity index (χ1v) is 7.48. The van der Waals surface area contributed by atoms with Crippen molar-refractivity contribution in [3.8, 4) is 11.5 Å². The highest BCUT2D eigenvalue weighted by atomic mass is 127. The molecule has 2 aromatic carbocycles. The molecule has 0 aliphatic heterocycles. The van der Waals surface area contributed by atoms with E-state index in [1.54, 1.807) is 0 Å². The predicted octanol–water partition coefficient (Wildman–Crippen LogP) is 4.63. The standard InChI is InChI=1S/C15H15ClINO/c1-10(18)9-11-3-2-4-14(16)15(11)19-13-7-5-12(17)6-8-13/h2-8,10H,9,18H2,1H3. The second-order valence-electron chi connectivity index (χ2n) is 4.47. The van der Waals surface area contributed by atoms with Gasteiger partial charge in [0.05, 0.1) is 5.02 Å². The van der Waals surface area contributed by atoms with Crippen LogP contribution in [0.3, 0.4) is 0 Å². The molecule has 0 bridgehead atoms. The van der Waals surface area contributed by atoms with Crippen LogP contribution in [-0.4, -0.2) is 6.04 Å². The van der Waals surface area contributed by atoms with Gasteiger partial charge in [-0.05, 0) is 71.8 Å². The molecule has 0 spiro atoms. The van der Waals surface area contributed by atoms with Gasteiger partial charge in [-0.15, -0.1) is 0 Å². The molecule has 4 heteroatoms. The number of rotatable bonds is 4. The fourth-order valence-corrected chi connectivity index (χ4v) is 2.39. The van der Waals surface area contributed by atoms with E-state index in [1.165, 1.54) is 3.57 Å². The van der Waals surface area contributed by atoms with Gasteiger partial charge in [-0.3, -0.25) is 0 Å². The molecule has 0 saturated heterocycles. The van der Waals surface area contributed by atoms with Crippen molar-refractivity contribution in [3.05, 3.63) is 56.6 Å². The quantitative estimate of drug-likeness (QED) is 0.777. The molecule has 0 fully saturated rings. The summed E-state index contributed by atoms with van der Waals surface area (Å²) in [4.78, 5) is 0. The molecular weight excluding hydrogens is 373 g/mol. The molecule has 2 aromatic rings. The molecule has 0 aliphatic rings. The van der Waals surface area contributed by atoms with Crippen molar-refractivity contribution in [2.24, 2.45) is 5.73 Å². The Morgan fingerprint density at radius 3 is 2.53 bits per heavy atom.